The van der Waals surface area contributed by atoms with Crippen molar-refractivity contribution in [2.75, 3.05) is 14.2 Å². The van der Waals surface area contributed by atoms with Gasteiger partial charge in [-0.3, -0.25) is 0 Å². The van der Waals surface area contributed by atoms with E-state index in [0.29, 0.717) is 11.1 Å². The highest BCUT2D eigenvalue weighted by Gasteiger charge is 2.19. The summed E-state index contributed by atoms with van der Waals surface area (Å²) >= 11 is 0. The van der Waals surface area contributed by atoms with Gasteiger partial charge in [-0.2, -0.15) is 9.97 Å². The zero-order valence-electron chi connectivity index (χ0n) is 11.4. The molecule has 0 bridgehead atoms. The van der Waals surface area contributed by atoms with Gasteiger partial charge in [0, 0.05) is 0 Å². The molecule has 0 spiro atoms. The Hall–Kier alpha value is -2.21. The van der Waals surface area contributed by atoms with Gasteiger partial charge in [0.15, 0.2) is 5.82 Å². The standard InChI is InChI=1S/C14H15FN2O3/c1-8-9(5-4-6-10(8)15)13(18)14-16-11(19-2)7-12(17-14)20-3/h4-7,13,18H,1-3H3. The molecule has 2 aromatic rings. The molecule has 5 nitrogen and oxygen atoms in total. The van der Waals surface area contributed by atoms with Crippen molar-refractivity contribution in [3.05, 3.63) is 47.0 Å². The van der Waals surface area contributed by atoms with Crippen molar-refractivity contribution in [2.45, 2.75) is 13.0 Å². The maximum Gasteiger partial charge on any atom is 0.220 e. The fourth-order valence-corrected chi connectivity index (χ4v) is 1.81. The smallest absolute Gasteiger partial charge is 0.220 e. The van der Waals surface area contributed by atoms with Crippen LogP contribution in [0.3, 0.4) is 0 Å². The number of nitrogens with zero attached hydrogens (tertiary/aromatic N) is 2. The van der Waals surface area contributed by atoms with Gasteiger partial charge in [-0.1, -0.05) is 12.1 Å². The SMILES string of the molecule is COc1cc(OC)nc(C(O)c2cccc(F)c2C)n1. The Morgan fingerprint density at radius 1 is 1.15 bits per heavy atom. The largest absolute Gasteiger partial charge is 0.481 e. The van der Waals surface area contributed by atoms with Gasteiger partial charge >= 0.3 is 0 Å². The van der Waals surface area contributed by atoms with Crippen molar-refractivity contribution >= 4 is 0 Å². The lowest BCUT2D eigenvalue weighted by molar-refractivity contribution is 0.204. The maximum absolute atomic E-state index is 13.5. The molecule has 0 amide bonds. The molecule has 0 saturated heterocycles. The van der Waals surface area contributed by atoms with E-state index >= 15 is 0 Å². The number of halogens is 1. The number of aromatic nitrogens is 2. The van der Waals surface area contributed by atoms with Crippen LogP contribution in [0.4, 0.5) is 4.39 Å². The molecular formula is C14H15FN2O3. The van der Waals surface area contributed by atoms with E-state index in [2.05, 4.69) is 9.97 Å². The van der Waals surface area contributed by atoms with Gasteiger partial charge in [-0.15, -0.1) is 0 Å². The first-order valence-electron chi connectivity index (χ1n) is 5.97. The van der Waals surface area contributed by atoms with Crippen molar-refractivity contribution in [1.82, 2.24) is 9.97 Å². The van der Waals surface area contributed by atoms with Crippen LogP contribution in [0.5, 0.6) is 11.8 Å². The summed E-state index contributed by atoms with van der Waals surface area (Å²) in [5.41, 5.74) is 0.755. The van der Waals surface area contributed by atoms with Crippen molar-refractivity contribution in [3.8, 4) is 11.8 Å². The zero-order chi connectivity index (χ0) is 14.7. The molecule has 106 valence electrons. The van der Waals surface area contributed by atoms with E-state index in [4.69, 9.17) is 9.47 Å². The first-order valence-corrected chi connectivity index (χ1v) is 5.97. The molecule has 1 aromatic carbocycles. The Labute approximate surface area is 116 Å². The van der Waals surface area contributed by atoms with Crippen LogP contribution in [-0.2, 0) is 0 Å². The second-order valence-corrected chi connectivity index (χ2v) is 4.17. The van der Waals surface area contributed by atoms with Crippen LogP contribution in [0.25, 0.3) is 0 Å². The van der Waals surface area contributed by atoms with Crippen LogP contribution < -0.4 is 9.47 Å². The third-order valence-corrected chi connectivity index (χ3v) is 2.96. The highest BCUT2D eigenvalue weighted by Crippen LogP contribution is 2.26. The Kier molecular flexibility index (Phi) is 4.14. The summed E-state index contributed by atoms with van der Waals surface area (Å²) in [6, 6.07) is 5.98. The van der Waals surface area contributed by atoms with E-state index in [1.54, 1.807) is 13.0 Å². The normalized spacial score (nSPS) is 12.1. The third kappa shape index (κ3) is 2.70. The molecule has 1 atom stereocenters. The molecule has 0 aliphatic rings. The number of hydrogen-bond donors (Lipinski definition) is 1. The van der Waals surface area contributed by atoms with Crippen molar-refractivity contribution in [3.63, 3.8) is 0 Å². The summed E-state index contributed by atoms with van der Waals surface area (Å²) in [4.78, 5) is 8.12. The minimum Gasteiger partial charge on any atom is -0.481 e. The summed E-state index contributed by atoms with van der Waals surface area (Å²) < 4.78 is 23.6. The number of rotatable bonds is 4. The second-order valence-electron chi connectivity index (χ2n) is 4.17. The Bertz CT molecular complexity index is 597. The highest BCUT2D eigenvalue weighted by atomic mass is 19.1. The first-order chi connectivity index (χ1) is 9.56. The van der Waals surface area contributed by atoms with E-state index in [1.165, 1.54) is 32.4 Å². The number of hydrogen-bond acceptors (Lipinski definition) is 5. The molecule has 0 aliphatic heterocycles. The summed E-state index contributed by atoms with van der Waals surface area (Å²) in [5.74, 6) is 0.228. The van der Waals surface area contributed by atoms with Crippen LogP contribution in [0, 0.1) is 12.7 Å². The van der Waals surface area contributed by atoms with Gasteiger partial charge in [0.25, 0.3) is 0 Å². The summed E-state index contributed by atoms with van der Waals surface area (Å²) in [6.45, 7) is 1.59. The number of aliphatic hydroxyl groups excluding tert-OH is 1. The number of methoxy groups -OCH3 is 2. The Balaban J connectivity index is 2.47. The van der Waals surface area contributed by atoms with Gasteiger partial charge in [0.1, 0.15) is 11.9 Å². The Morgan fingerprint density at radius 3 is 2.30 bits per heavy atom. The van der Waals surface area contributed by atoms with Crippen LogP contribution in [0.15, 0.2) is 24.3 Å². The van der Waals surface area contributed by atoms with Crippen LogP contribution >= 0.6 is 0 Å². The lowest BCUT2D eigenvalue weighted by Gasteiger charge is -2.14. The second kappa shape index (κ2) is 5.83. The van der Waals surface area contributed by atoms with E-state index in [-0.39, 0.29) is 17.6 Å². The van der Waals surface area contributed by atoms with E-state index in [0.717, 1.165) is 0 Å². The van der Waals surface area contributed by atoms with Gasteiger partial charge in [-0.05, 0) is 24.1 Å². The molecule has 0 radical (unpaired) electrons. The van der Waals surface area contributed by atoms with Gasteiger partial charge in [0.2, 0.25) is 11.8 Å². The predicted octanol–water partition coefficient (Wildman–Crippen LogP) is 2.02. The van der Waals surface area contributed by atoms with E-state index in [9.17, 15) is 9.50 Å². The zero-order valence-corrected chi connectivity index (χ0v) is 11.4. The first kappa shape index (κ1) is 14.2. The summed E-state index contributed by atoms with van der Waals surface area (Å²) in [5, 5.41) is 10.3. The fourth-order valence-electron chi connectivity index (χ4n) is 1.81. The van der Waals surface area contributed by atoms with Gasteiger partial charge < -0.3 is 14.6 Å². The van der Waals surface area contributed by atoms with Gasteiger partial charge in [0.05, 0.1) is 20.3 Å². The molecular weight excluding hydrogens is 263 g/mol. The topological polar surface area (TPSA) is 64.5 Å². The molecule has 0 fully saturated rings. The average Bonchev–Trinajstić information content (AvgIpc) is 2.48. The van der Waals surface area contributed by atoms with E-state index in [1.807, 2.05) is 0 Å². The van der Waals surface area contributed by atoms with Gasteiger partial charge in [-0.25, -0.2) is 4.39 Å². The summed E-state index contributed by atoms with van der Waals surface area (Å²) in [6.07, 6.45) is -1.16. The minimum absolute atomic E-state index is 0.0925. The fraction of sp³-hybridized carbons (Fsp3) is 0.286. The predicted molar refractivity (Wildman–Crippen MR) is 70.3 cm³/mol. The minimum atomic E-state index is -1.16. The van der Waals surface area contributed by atoms with Crippen molar-refractivity contribution < 1.29 is 19.0 Å². The molecule has 0 aliphatic carbocycles. The molecule has 1 N–H and O–H groups in total. The number of aliphatic hydroxyl groups is 1. The lowest BCUT2D eigenvalue weighted by Crippen LogP contribution is -2.09. The summed E-state index contributed by atoms with van der Waals surface area (Å²) in [7, 11) is 2.90. The highest BCUT2D eigenvalue weighted by molar-refractivity contribution is 5.33. The molecule has 1 heterocycles. The average molecular weight is 278 g/mol. The molecule has 1 aromatic heterocycles. The molecule has 20 heavy (non-hydrogen) atoms. The molecule has 6 heteroatoms. The maximum atomic E-state index is 13.5. The van der Waals surface area contributed by atoms with Crippen LogP contribution in [0.1, 0.15) is 23.1 Å². The quantitative estimate of drug-likeness (QED) is 0.927. The van der Waals surface area contributed by atoms with Crippen molar-refractivity contribution in [2.24, 2.45) is 0 Å². The number of benzene rings is 1. The lowest BCUT2D eigenvalue weighted by atomic mass is 10.0. The third-order valence-electron chi connectivity index (χ3n) is 2.96. The monoisotopic (exact) mass is 278 g/mol. The van der Waals surface area contributed by atoms with Crippen LogP contribution in [-0.4, -0.2) is 29.3 Å². The molecule has 0 saturated carbocycles. The van der Waals surface area contributed by atoms with Crippen LogP contribution in [0.2, 0.25) is 0 Å². The molecule has 1 unspecified atom stereocenters. The van der Waals surface area contributed by atoms with Crippen molar-refractivity contribution in [1.29, 1.82) is 0 Å². The Morgan fingerprint density at radius 2 is 1.75 bits per heavy atom. The molecule has 2 rings (SSSR count). The van der Waals surface area contributed by atoms with E-state index < -0.39 is 11.9 Å². The number of ether oxygens (including phenoxy) is 2.